The standard InChI is InChI=1S/C26H18F3N3O3/c27-26(28,29)35-19-8-3-5-16(13-19)15-34-18-11-12-22-23(14-18)31-32-24(22)30-25(33)21-10-4-7-17-6-1-2-9-20(17)21/h1-14H,15H2,(H2,30,31,32,33). The number of carbonyl (C=O) groups is 1. The van der Waals surface area contributed by atoms with Crippen LogP contribution in [0.1, 0.15) is 15.9 Å². The van der Waals surface area contributed by atoms with Crippen molar-refractivity contribution in [3.63, 3.8) is 0 Å². The molecule has 1 heterocycles. The van der Waals surface area contributed by atoms with Crippen molar-refractivity contribution in [3.05, 3.63) is 96.1 Å². The van der Waals surface area contributed by atoms with E-state index >= 15 is 0 Å². The molecule has 0 aliphatic heterocycles. The van der Waals surface area contributed by atoms with Gasteiger partial charge in [0.2, 0.25) is 0 Å². The molecule has 0 unspecified atom stereocenters. The van der Waals surface area contributed by atoms with Gasteiger partial charge < -0.3 is 14.8 Å². The third kappa shape index (κ3) is 5.03. The largest absolute Gasteiger partial charge is 0.573 e. The molecule has 0 bridgehead atoms. The summed E-state index contributed by atoms with van der Waals surface area (Å²) in [6, 6.07) is 23.9. The van der Waals surface area contributed by atoms with Gasteiger partial charge in [0.25, 0.3) is 5.91 Å². The van der Waals surface area contributed by atoms with Gasteiger partial charge in [0.1, 0.15) is 18.1 Å². The van der Waals surface area contributed by atoms with Gasteiger partial charge in [-0.3, -0.25) is 9.89 Å². The topological polar surface area (TPSA) is 76.2 Å². The summed E-state index contributed by atoms with van der Waals surface area (Å²) in [5.74, 6) is 0.266. The Morgan fingerprint density at radius 3 is 2.54 bits per heavy atom. The van der Waals surface area contributed by atoms with Crippen molar-refractivity contribution in [3.8, 4) is 11.5 Å². The van der Waals surface area contributed by atoms with Crippen LogP contribution in [0.5, 0.6) is 11.5 Å². The van der Waals surface area contributed by atoms with Crippen LogP contribution < -0.4 is 14.8 Å². The summed E-state index contributed by atoms with van der Waals surface area (Å²) in [6.07, 6.45) is -4.76. The fourth-order valence-corrected chi connectivity index (χ4v) is 3.78. The lowest BCUT2D eigenvalue weighted by Crippen LogP contribution is -2.17. The molecule has 2 N–H and O–H groups in total. The van der Waals surface area contributed by atoms with Crippen LogP contribution in [-0.2, 0) is 6.61 Å². The highest BCUT2D eigenvalue weighted by atomic mass is 19.4. The van der Waals surface area contributed by atoms with Gasteiger partial charge >= 0.3 is 6.36 Å². The Bertz CT molecular complexity index is 1520. The third-order valence-corrected chi connectivity index (χ3v) is 5.34. The summed E-state index contributed by atoms with van der Waals surface area (Å²) in [7, 11) is 0. The number of ether oxygens (including phenoxy) is 2. The maximum absolute atomic E-state index is 12.9. The Morgan fingerprint density at radius 1 is 0.886 bits per heavy atom. The first-order valence-electron chi connectivity index (χ1n) is 10.6. The number of aromatic nitrogens is 2. The molecule has 1 aromatic heterocycles. The fraction of sp³-hybridized carbons (Fsp3) is 0.0769. The van der Waals surface area contributed by atoms with Crippen LogP contribution in [0.2, 0.25) is 0 Å². The number of benzene rings is 4. The van der Waals surface area contributed by atoms with E-state index in [1.54, 1.807) is 30.3 Å². The molecule has 35 heavy (non-hydrogen) atoms. The fourth-order valence-electron chi connectivity index (χ4n) is 3.78. The van der Waals surface area contributed by atoms with Crippen molar-refractivity contribution in [2.45, 2.75) is 13.0 Å². The van der Waals surface area contributed by atoms with Gasteiger partial charge in [-0.1, -0.05) is 48.5 Å². The summed E-state index contributed by atoms with van der Waals surface area (Å²) in [4.78, 5) is 12.9. The molecular formula is C26H18F3N3O3. The molecule has 4 aromatic carbocycles. The van der Waals surface area contributed by atoms with E-state index in [1.165, 1.54) is 18.2 Å². The molecule has 5 rings (SSSR count). The van der Waals surface area contributed by atoms with Crippen LogP contribution in [0, 0.1) is 0 Å². The van der Waals surface area contributed by atoms with Crippen molar-refractivity contribution >= 4 is 33.4 Å². The van der Waals surface area contributed by atoms with E-state index in [-0.39, 0.29) is 18.3 Å². The Kier molecular flexibility index (Phi) is 5.74. The molecule has 6 nitrogen and oxygen atoms in total. The maximum Gasteiger partial charge on any atom is 0.573 e. The lowest BCUT2D eigenvalue weighted by Gasteiger charge is -2.11. The number of halogens is 3. The summed E-state index contributed by atoms with van der Waals surface area (Å²) >= 11 is 0. The normalized spacial score (nSPS) is 11.5. The maximum atomic E-state index is 12.9. The number of hydrogen-bond donors (Lipinski definition) is 2. The first kappa shape index (κ1) is 22.3. The summed E-state index contributed by atoms with van der Waals surface area (Å²) in [5.41, 5.74) is 1.68. The van der Waals surface area contributed by atoms with Crippen molar-refractivity contribution in [1.82, 2.24) is 10.2 Å². The molecule has 0 spiro atoms. The van der Waals surface area contributed by atoms with E-state index in [0.717, 1.165) is 10.8 Å². The smallest absolute Gasteiger partial charge is 0.489 e. The number of aromatic amines is 1. The second-order valence-electron chi connectivity index (χ2n) is 7.74. The zero-order valence-electron chi connectivity index (χ0n) is 18.1. The zero-order chi connectivity index (χ0) is 24.4. The van der Waals surface area contributed by atoms with Crippen LogP contribution >= 0.6 is 0 Å². The predicted molar refractivity (Wildman–Crippen MR) is 125 cm³/mol. The third-order valence-electron chi connectivity index (χ3n) is 5.34. The molecule has 0 aliphatic carbocycles. The van der Waals surface area contributed by atoms with Crippen LogP contribution in [0.4, 0.5) is 19.0 Å². The lowest BCUT2D eigenvalue weighted by atomic mass is 10.0. The highest BCUT2D eigenvalue weighted by Crippen LogP contribution is 2.28. The Balaban J connectivity index is 1.30. The Labute approximate surface area is 197 Å². The molecule has 176 valence electrons. The van der Waals surface area contributed by atoms with E-state index in [0.29, 0.717) is 33.6 Å². The Hall–Kier alpha value is -4.53. The molecule has 0 saturated carbocycles. The van der Waals surface area contributed by atoms with Gasteiger partial charge in [-0.2, -0.15) is 5.10 Å². The zero-order valence-corrected chi connectivity index (χ0v) is 18.1. The second-order valence-corrected chi connectivity index (χ2v) is 7.74. The number of rotatable bonds is 6. The number of fused-ring (bicyclic) bond motifs is 2. The molecule has 0 fully saturated rings. The minimum absolute atomic E-state index is 0.0410. The molecule has 0 radical (unpaired) electrons. The molecule has 0 aliphatic rings. The number of amides is 1. The van der Waals surface area contributed by atoms with Gasteiger partial charge in [0, 0.05) is 17.0 Å². The van der Waals surface area contributed by atoms with Crippen molar-refractivity contribution in [2.75, 3.05) is 5.32 Å². The molecule has 5 aromatic rings. The van der Waals surface area contributed by atoms with Crippen LogP contribution in [-0.4, -0.2) is 22.5 Å². The van der Waals surface area contributed by atoms with Crippen molar-refractivity contribution < 1.29 is 27.4 Å². The van der Waals surface area contributed by atoms with Crippen molar-refractivity contribution in [1.29, 1.82) is 0 Å². The molecule has 9 heteroatoms. The molecule has 0 atom stereocenters. The molecular weight excluding hydrogens is 459 g/mol. The van der Waals surface area contributed by atoms with E-state index in [4.69, 9.17) is 4.74 Å². The average molecular weight is 477 g/mol. The van der Waals surface area contributed by atoms with Gasteiger partial charge in [0.05, 0.1) is 5.52 Å². The SMILES string of the molecule is O=C(Nc1n[nH]c2cc(OCc3cccc(OC(F)(F)F)c3)ccc12)c1cccc2ccccc12. The van der Waals surface area contributed by atoms with Crippen molar-refractivity contribution in [2.24, 2.45) is 0 Å². The minimum atomic E-state index is -4.76. The highest BCUT2D eigenvalue weighted by Gasteiger charge is 2.31. The predicted octanol–water partition coefficient (Wildman–Crippen LogP) is 6.45. The quantitative estimate of drug-likeness (QED) is 0.295. The van der Waals surface area contributed by atoms with Gasteiger partial charge in [-0.25, -0.2) is 0 Å². The van der Waals surface area contributed by atoms with E-state index in [2.05, 4.69) is 20.3 Å². The van der Waals surface area contributed by atoms with Crippen LogP contribution in [0.3, 0.4) is 0 Å². The number of hydrogen-bond acceptors (Lipinski definition) is 4. The van der Waals surface area contributed by atoms with Gasteiger partial charge in [-0.15, -0.1) is 13.2 Å². The second kappa shape index (κ2) is 9.02. The van der Waals surface area contributed by atoms with Crippen LogP contribution in [0.25, 0.3) is 21.7 Å². The summed E-state index contributed by atoms with van der Waals surface area (Å²) < 4.78 is 46.9. The molecule has 0 saturated heterocycles. The minimum Gasteiger partial charge on any atom is -0.489 e. The van der Waals surface area contributed by atoms with Gasteiger partial charge in [-0.05, 0) is 46.7 Å². The number of H-pyrrole nitrogens is 1. The number of nitrogens with zero attached hydrogens (tertiary/aromatic N) is 1. The highest BCUT2D eigenvalue weighted by molar-refractivity contribution is 6.14. The Morgan fingerprint density at radius 2 is 1.69 bits per heavy atom. The summed E-state index contributed by atoms with van der Waals surface area (Å²) in [5, 5.41) is 12.4. The van der Waals surface area contributed by atoms with E-state index in [9.17, 15) is 18.0 Å². The average Bonchev–Trinajstić information content (AvgIpc) is 3.23. The van der Waals surface area contributed by atoms with E-state index in [1.807, 2.05) is 36.4 Å². The number of nitrogens with one attached hydrogen (secondary N) is 2. The number of carbonyl (C=O) groups excluding carboxylic acids is 1. The number of anilines is 1. The molecule has 1 amide bonds. The summed E-state index contributed by atoms with van der Waals surface area (Å²) in [6.45, 7) is 0.0410. The monoisotopic (exact) mass is 477 g/mol. The van der Waals surface area contributed by atoms with E-state index < -0.39 is 6.36 Å². The van der Waals surface area contributed by atoms with Gasteiger partial charge in [0.15, 0.2) is 5.82 Å². The lowest BCUT2D eigenvalue weighted by molar-refractivity contribution is -0.274. The first-order chi connectivity index (χ1) is 16.9. The van der Waals surface area contributed by atoms with Crippen LogP contribution in [0.15, 0.2) is 84.9 Å². The first-order valence-corrected chi connectivity index (χ1v) is 10.6. The number of alkyl halides is 3.